The number of benzene rings is 1. The second-order valence-electron chi connectivity index (χ2n) is 4.70. The van der Waals surface area contributed by atoms with Gasteiger partial charge >= 0.3 is 0 Å². The molecule has 0 aliphatic carbocycles. The van der Waals surface area contributed by atoms with E-state index in [1.54, 1.807) is 20.0 Å². The molecule has 0 radical (unpaired) electrons. The summed E-state index contributed by atoms with van der Waals surface area (Å²) in [5.74, 6) is 0.492. The van der Waals surface area contributed by atoms with E-state index in [2.05, 4.69) is 10.3 Å². The van der Waals surface area contributed by atoms with E-state index in [0.717, 1.165) is 5.56 Å². The van der Waals surface area contributed by atoms with E-state index >= 15 is 0 Å². The van der Waals surface area contributed by atoms with Gasteiger partial charge in [-0.2, -0.15) is 0 Å². The summed E-state index contributed by atoms with van der Waals surface area (Å²) in [5, 5.41) is 3.00. The molecule has 0 bridgehead atoms. The minimum Gasteiger partial charge on any atom is -0.355 e. The first-order valence-corrected chi connectivity index (χ1v) is 8.56. The Morgan fingerprint density at radius 2 is 2.14 bits per heavy atom. The number of nitrogens with zero attached hydrogens (tertiary/aromatic N) is 2. The number of guanidine groups is 1. The van der Waals surface area contributed by atoms with Gasteiger partial charge < -0.3 is 10.2 Å². The lowest BCUT2D eigenvalue weighted by Gasteiger charge is -2.22. The van der Waals surface area contributed by atoms with Crippen LogP contribution in [0.4, 0.5) is 4.39 Å². The van der Waals surface area contributed by atoms with Crippen LogP contribution in [-0.4, -0.2) is 51.4 Å². The van der Waals surface area contributed by atoms with Gasteiger partial charge in [-0.15, -0.1) is 0 Å². The van der Waals surface area contributed by atoms with Crippen molar-refractivity contribution in [3.8, 4) is 0 Å². The Morgan fingerprint density at radius 1 is 1.43 bits per heavy atom. The first kappa shape index (κ1) is 17.4. The van der Waals surface area contributed by atoms with Crippen LogP contribution in [-0.2, 0) is 16.4 Å². The zero-order valence-corrected chi connectivity index (χ0v) is 13.5. The molecule has 0 aromatic heterocycles. The van der Waals surface area contributed by atoms with Crippen molar-refractivity contribution in [2.45, 2.75) is 13.5 Å². The molecule has 0 aliphatic heterocycles. The smallest absolute Gasteiger partial charge is 0.193 e. The zero-order valence-electron chi connectivity index (χ0n) is 12.6. The minimum absolute atomic E-state index is 0.0658. The Hall–Kier alpha value is -1.63. The van der Waals surface area contributed by atoms with Crippen molar-refractivity contribution < 1.29 is 12.8 Å². The van der Waals surface area contributed by atoms with E-state index in [1.165, 1.54) is 12.1 Å². The number of nitrogens with one attached hydrogen (secondary N) is 1. The highest BCUT2D eigenvalue weighted by Crippen LogP contribution is 2.06. The molecule has 5 nitrogen and oxygen atoms in total. The van der Waals surface area contributed by atoms with E-state index in [-0.39, 0.29) is 17.3 Å². The molecule has 118 valence electrons. The van der Waals surface area contributed by atoms with Crippen molar-refractivity contribution in [2.75, 3.05) is 32.1 Å². The third kappa shape index (κ3) is 6.12. The maximum atomic E-state index is 13.1. The fraction of sp³-hybridized carbons (Fsp3) is 0.500. The van der Waals surface area contributed by atoms with Crippen LogP contribution in [0.5, 0.6) is 0 Å². The summed E-state index contributed by atoms with van der Waals surface area (Å²) in [4.78, 5) is 5.91. The van der Waals surface area contributed by atoms with Gasteiger partial charge in [0.25, 0.3) is 0 Å². The Bertz CT molecular complexity index is 588. The normalized spacial score (nSPS) is 12.3. The Labute approximate surface area is 125 Å². The van der Waals surface area contributed by atoms with Crippen LogP contribution in [0.15, 0.2) is 29.3 Å². The molecule has 0 saturated carbocycles. The lowest BCUT2D eigenvalue weighted by Crippen LogP contribution is -2.40. The molecular formula is C14H22FN3O2S. The van der Waals surface area contributed by atoms with E-state index in [0.29, 0.717) is 19.0 Å². The average Bonchev–Trinajstić information content (AvgIpc) is 2.43. The summed E-state index contributed by atoms with van der Waals surface area (Å²) in [7, 11) is 0.439. The molecule has 0 atom stereocenters. The van der Waals surface area contributed by atoms with Crippen LogP contribution in [0, 0.1) is 5.82 Å². The predicted molar refractivity (Wildman–Crippen MR) is 83.6 cm³/mol. The highest BCUT2D eigenvalue weighted by Gasteiger charge is 2.10. The van der Waals surface area contributed by atoms with Gasteiger partial charge in [-0.25, -0.2) is 12.8 Å². The maximum Gasteiger partial charge on any atom is 0.193 e. The summed E-state index contributed by atoms with van der Waals surface area (Å²) in [6.45, 7) is 2.41. The standard InChI is InChI=1S/C14H22FN3O2S/c1-4-21(19,20)9-8-17-14(16-2)18(3)11-12-6-5-7-13(15)10-12/h5-7,10H,4,8-9,11H2,1-3H3,(H,16,17). The molecule has 7 heteroatoms. The van der Waals surface area contributed by atoms with Crippen LogP contribution in [0.2, 0.25) is 0 Å². The van der Waals surface area contributed by atoms with Crippen molar-refractivity contribution in [1.29, 1.82) is 0 Å². The summed E-state index contributed by atoms with van der Waals surface area (Å²) in [6.07, 6.45) is 0. The maximum absolute atomic E-state index is 13.1. The van der Waals surface area contributed by atoms with Crippen LogP contribution in [0.3, 0.4) is 0 Å². The SMILES string of the molecule is CCS(=O)(=O)CCNC(=NC)N(C)Cc1cccc(F)c1. The summed E-state index contributed by atoms with van der Waals surface area (Å²) >= 11 is 0. The van der Waals surface area contributed by atoms with Gasteiger partial charge in [0.15, 0.2) is 15.8 Å². The molecule has 0 fully saturated rings. The minimum atomic E-state index is -3.00. The molecule has 0 saturated heterocycles. The third-order valence-electron chi connectivity index (χ3n) is 3.02. The number of hydrogen-bond acceptors (Lipinski definition) is 3. The second-order valence-corrected chi connectivity index (χ2v) is 7.17. The Kier molecular flexibility index (Phi) is 6.61. The van der Waals surface area contributed by atoms with Crippen LogP contribution < -0.4 is 5.32 Å². The van der Waals surface area contributed by atoms with Crippen molar-refractivity contribution in [3.63, 3.8) is 0 Å². The van der Waals surface area contributed by atoms with Crippen molar-refractivity contribution in [2.24, 2.45) is 4.99 Å². The predicted octanol–water partition coefficient (Wildman–Crippen LogP) is 1.27. The van der Waals surface area contributed by atoms with Crippen molar-refractivity contribution in [1.82, 2.24) is 10.2 Å². The van der Waals surface area contributed by atoms with E-state index in [4.69, 9.17) is 0 Å². The average molecular weight is 315 g/mol. The van der Waals surface area contributed by atoms with Gasteiger partial charge in [-0.3, -0.25) is 4.99 Å². The van der Waals surface area contributed by atoms with Crippen LogP contribution in [0.25, 0.3) is 0 Å². The van der Waals surface area contributed by atoms with E-state index in [1.807, 2.05) is 18.0 Å². The van der Waals surface area contributed by atoms with Gasteiger partial charge in [-0.05, 0) is 17.7 Å². The number of rotatable bonds is 6. The summed E-state index contributed by atoms with van der Waals surface area (Å²) in [5.41, 5.74) is 0.821. The molecule has 21 heavy (non-hydrogen) atoms. The lowest BCUT2D eigenvalue weighted by molar-refractivity contribution is 0.476. The van der Waals surface area contributed by atoms with Crippen molar-refractivity contribution in [3.05, 3.63) is 35.6 Å². The molecule has 1 aromatic rings. The Balaban J connectivity index is 2.56. The number of aliphatic imine (C=N–C) groups is 1. The Morgan fingerprint density at radius 3 is 2.71 bits per heavy atom. The highest BCUT2D eigenvalue weighted by atomic mass is 32.2. The van der Waals surface area contributed by atoms with Gasteiger partial charge in [-0.1, -0.05) is 19.1 Å². The fourth-order valence-electron chi connectivity index (χ4n) is 1.83. The molecular weight excluding hydrogens is 293 g/mol. The first-order valence-electron chi connectivity index (χ1n) is 6.74. The quantitative estimate of drug-likeness (QED) is 0.634. The first-order chi connectivity index (χ1) is 9.88. The molecule has 1 aromatic carbocycles. The molecule has 0 spiro atoms. The molecule has 1 N–H and O–H groups in total. The van der Waals surface area contributed by atoms with Gasteiger partial charge in [0.05, 0.1) is 5.75 Å². The van der Waals surface area contributed by atoms with Gasteiger partial charge in [0, 0.05) is 32.9 Å². The molecule has 0 amide bonds. The zero-order chi connectivity index (χ0) is 15.9. The van der Waals surface area contributed by atoms with Crippen LogP contribution >= 0.6 is 0 Å². The monoisotopic (exact) mass is 315 g/mol. The van der Waals surface area contributed by atoms with Gasteiger partial charge in [0.1, 0.15) is 5.82 Å². The highest BCUT2D eigenvalue weighted by molar-refractivity contribution is 7.91. The molecule has 0 aliphatic rings. The number of halogens is 1. The largest absolute Gasteiger partial charge is 0.355 e. The summed E-state index contributed by atoms with van der Waals surface area (Å²) in [6, 6.07) is 6.34. The molecule has 0 unspecified atom stereocenters. The fourth-order valence-corrected chi connectivity index (χ4v) is 2.53. The lowest BCUT2D eigenvalue weighted by atomic mass is 10.2. The topological polar surface area (TPSA) is 61.8 Å². The number of hydrogen-bond donors (Lipinski definition) is 1. The van der Waals surface area contributed by atoms with Crippen LogP contribution in [0.1, 0.15) is 12.5 Å². The summed E-state index contributed by atoms with van der Waals surface area (Å²) < 4.78 is 36.0. The third-order valence-corrected chi connectivity index (χ3v) is 4.72. The van der Waals surface area contributed by atoms with Crippen molar-refractivity contribution >= 4 is 15.8 Å². The van der Waals surface area contributed by atoms with E-state index in [9.17, 15) is 12.8 Å². The van der Waals surface area contributed by atoms with E-state index < -0.39 is 9.84 Å². The molecule has 0 heterocycles. The molecule has 1 rings (SSSR count). The van der Waals surface area contributed by atoms with Gasteiger partial charge in [0.2, 0.25) is 0 Å². The number of sulfone groups is 1. The second kappa shape index (κ2) is 7.97.